The topological polar surface area (TPSA) is 83.7 Å². The minimum absolute atomic E-state index is 0.224. The van der Waals surface area contributed by atoms with Crippen molar-refractivity contribution in [3.05, 3.63) is 65.4 Å². The van der Waals surface area contributed by atoms with E-state index in [9.17, 15) is 9.59 Å². The van der Waals surface area contributed by atoms with Gasteiger partial charge in [0.05, 0.1) is 14.2 Å². The Kier molecular flexibility index (Phi) is 6.13. The van der Waals surface area contributed by atoms with Crippen molar-refractivity contribution in [2.75, 3.05) is 14.2 Å². The third-order valence-electron chi connectivity index (χ3n) is 5.94. The van der Waals surface area contributed by atoms with Gasteiger partial charge in [0.2, 0.25) is 11.8 Å². The lowest BCUT2D eigenvalue weighted by atomic mass is 9.92. The van der Waals surface area contributed by atoms with Gasteiger partial charge in [0, 0.05) is 40.8 Å². The van der Waals surface area contributed by atoms with E-state index in [0.717, 1.165) is 33.2 Å². The van der Waals surface area contributed by atoms with E-state index in [1.54, 1.807) is 31.3 Å². The van der Waals surface area contributed by atoms with Gasteiger partial charge in [-0.3, -0.25) is 9.59 Å². The minimum Gasteiger partial charge on any atom is -0.493 e. The molecule has 7 nitrogen and oxygen atoms in total. The molecule has 7 heteroatoms. The van der Waals surface area contributed by atoms with Crippen molar-refractivity contribution >= 4 is 28.3 Å². The van der Waals surface area contributed by atoms with Crippen molar-refractivity contribution in [1.29, 1.82) is 0 Å². The zero-order valence-corrected chi connectivity index (χ0v) is 20.5. The molecule has 1 aliphatic rings. The summed E-state index contributed by atoms with van der Waals surface area (Å²) in [6.07, 6.45) is 3.51. The van der Waals surface area contributed by atoms with Gasteiger partial charge in [0.25, 0.3) is 0 Å². The number of carbonyl (C=O) groups excluding carboxylic acids is 2. The number of nitrogens with zero attached hydrogens (tertiary/aromatic N) is 1. The number of H-pyrrole nitrogens is 1. The molecule has 2 heterocycles. The molecule has 178 valence electrons. The minimum atomic E-state index is -0.817. The molecule has 0 saturated carbocycles. The third kappa shape index (κ3) is 4.38. The van der Waals surface area contributed by atoms with Crippen LogP contribution in [0, 0.1) is 0 Å². The smallest absolute Gasteiger partial charge is 0.248 e. The summed E-state index contributed by atoms with van der Waals surface area (Å²) in [6, 6.07) is 10.5. The van der Waals surface area contributed by atoms with Gasteiger partial charge < -0.3 is 24.7 Å². The molecular formula is C27H31N3O4. The van der Waals surface area contributed by atoms with E-state index in [0.29, 0.717) is 11.5 Å². The van der Waals surface area contributed by atoms with Gasteiger partial charge in [-0.1, -0.05) is 18.2 Å². The number of aromatic amines is 1. The number of hydrogen-bond acceptors (Lipinski definition) is 4. The highest BCUT2D eigenvalue weighted by atomic mass is 16.5. The van der Waals surface area contributed by atoms with Gasteiger partial charge in [-0.2, -0.15) is 0 Å². The van der Waals surface area contributed by atoms with Gasteiger partial charge in [0.15, 0.2) is 11.5 Å². The Morgan fingerprint density at radius 1 is 1.12 bits per heavy atom. The van der Waals surface area contributed by atoms with Crippen molar-refractivity contribution in [3.63, 3.8) is 0 Å². The molecule has 1 aliphatic heterocycles. The van der Waals surface area contributed by atoms with Crippen molar-refractivity contribution in [2.45, 2.75) is 45.8 Å². The summed E-state index contributed by atoms with van der Waals surface area (Å²) in [4.78, 5) is 32.2. The Balaban J connectivity index is 1.88. The number of methoxy groups -OCH3 is 2. The van der Waals surface area contributed by atoms with Crippen LogP contribution in [0.5, 0.6) is 11.5 Å². The van der Waals surface area contributed by atoms with E-state index in [1.165, 1.54) is 0 Å². The molecule has 0 bridgehead atoms. The average Bonchev–Trinajstić information content (AvgIpc) is 3.21. The SMILES string of the molecule is COc1ccc(CN2C(=O)/C=C(/C)c3c[nH]c4cccc(c34)C2C(=O)NC(C)(C)C)cc1OC. The summed E-state index contributed by atoms with van der Waals surface area (Å²) in [5.74, 6) is 0.709. The van der Waals surface area contributed by atoms with Gasteiger partial charge in [-0.25, -0.2) is 0 Å². The second-order valence-electron chi connectivity index (χ2n) is 9.60. The zero-order chi connectivity index (χ0) is 24.6. The normalized spacial score (nSPS) is 17.6. The van der Waals surface area contributed by atoms with Crippen LogP contribution in [0.15, 0.2) is 48.7 Å². The number of hydrogen-bond donors (Lipinski definition) is 2. The van der Waals surface area contributed by atoms with Crippen LogP contribution in [0.3, 0.4) is 0 Å². The Hall–Kier alpha value is -3.74. The largest absolute Gasteiger partial charge is 0.493 e. The van der Waals surface area contributed by atoms with Crippen molar-refractivity contribution in [1.82, 2.24) is 15.2 Å². The first-order valence-electron chi connectivity index (χ1n) is 11.2. The van der Waals surface area contributed by atoms with Crippen LogP contribution >= 0.6 is 0 Å². The molecule has 1 atom stereocenters. The predicted molar refractivity (Wildman–Crippen MR) is 133 cm³/mol. The second kappa shape index (κ2) is 8.89. The third-order valence-corrected chi connectivity index (χ3v) is 5.94. The molecule has 2 amide bonds. The van der Waals surface area contributed by atoms with Crippen LogP contribution in [0.2, 0.25) is 0 Å². The van der Waals surface area contributed by atoms with Crippen LogP contribution in [-0.2, 0) is 16.1 Å². The van der Waals surface area contributed by atoms with Gasteiger partial charge >= 0.3 is 0 Å². The number of rotatable bonds is 5. The zero-order valence-electron chi connectivity index (χ0n) is 20.5. The fraction of sp³-hybridized carbons (Fsp3) is 0.333. The summed E-state index contributed by atoms with van der Waals surface area (Å²) in [5.41, 5.74) is 3.85. The average molecular weight is 462 g/mol. The second-order valence-corrected chi connectivity index (χ2v) is 9.60. The van der Waals surface area contributed by atoms with Crippen molar-refractivity contribution in [2.24, 2.45) is 0 Å². The van der Waals surface area contributed by atoms with Crippen LogP contribution in [0.4, 0.5) is 0 Å². The first-order chi connectivity index (χ1) is 16.1. The highest BCUT2D eigenvalue weighted by Gasteiger charge is 2.36. The first kappa shape index (κ1) is 23.4. The molecule has 0 spiro atoms. The lowest BCUT2D eigenvalue weighted by molar-refractivity contribution is -0.138. The van der Waals surface area contributed by atoms with Crippen molar-refractivity contribution in [3.8, 4) is 11.5 Å². The maximum Gasteiger partial charge on any atom is 0.248 e. The lowest BCUT2D eigenvalue weighted by Crippen LogP contribution is -2.49. The number of aromatic nitrogens is 1. The van der Waals surface area contributed by atoms with E-state index in [1.807, 2.05) is 64.2 Å². The Labute approximate surface area is 199 Å². The molecular weight excluding hydrogens is 430 g/mol. The molecule has 2 aromatic carbocycles. The lowest BCUT2D eigenvalue weighted by Gasteiger charge is -2.34. The monoisotopic (exact) mass is 461 g/mol. The van der Waals surface area contributed by atoms with Crippen LogP contribution in [-0.4, -0.2) is 41.5 Å². The highest BCUT2D eigenvalue weighted by Crippen LogP contribution is 2.38. The molecule has 1 aromatic heterocycles. The molecule has 0 radical (unpaired) electrons. The summed E-state index contributed by atoms with van der Waals surface area (Å²) in [6.45, 7) is 7.94. The van der Waals surface area contributed by atoms with Crippen LogP contribution in [0.25, 0.3) is 16.5 Å². The predicted octanol–water partition coefficient (Wildman–Crippen LogP) is 4.59. The van der Waals surface area contributed by atoms with E-state index in [4.69, 9.17) is 9.47 Å². The molecule has 2 N–H and O–H groups in total. The highest BCUT2D eigenvalue weighted by molar-refractivity contribution is 6.06. The summed E-state index contributed by atoms with van der Waals surface area (Å²) in [5, 5.41) is 4.04. The molecule has 1 unspecified atom stereocenters. The van der Waals surface area contributed by atoms with Gasteiger partial charge in [-0.05, 0) is 62.6 Å². The van der Waals surface area contributed by atoms with E-state index >= 15 is 0 Å². The maximum absolute atomic E-state index is 13.7. The van der Waals surface area contributed by atoms with Crippen molar-refractivity contribution < 1.29 is 19.1 Å². The number of amides is 2. The summed E-state index contributed by atoms with van der Waals surface area (Å²) >= 11 is 0. The molecule has 3 aromatic rings. The molecule has 4 rings (SSSR count). The Morgan fingerprint density at radius 2 is 1.85 bits per heavy atom. The van der Waals surface area contributed by atoms with Gasteiger partial charge in [0.1, 0.15) is 6.04 Å². The number of carbonyl (C=O) groups is 2. The Morgan fingerprint density at radius 3 is 2.53 bits per heavy atom. The Bertz CT molecular complexity index is 1280. The summed E-state index contributed by atoms with van der Waals surface area (Å²) in [7, 11) is 3.15. The van der Waals surface area contributed by atoms with Gasteiger partial charge in [-0.15, -0.1) is 0 Å². The number of allylic oxidation sites excluding steroid dienone is 1. The molecule has 0 saturated heterocycles. The maximum atomic E-state index is 13.7. The van der Waals surface area contributed by atoms with Crippen LogP contribution < -0.4 is 14.8 Å². The molecule has 0 fully saturated rings. The molecule has 0 aliphatic carbocycles. The fourth-order valence-electron chi connectivity index (χ4n) is 4.46. The number of nitrogens with one attached hydrogen (secondary N) is 2. The molecule has 34 heavy (non-hydrogen) atoms. The fourth-order valence-corrected chi connectivity index (χ4v) is 4.46. The van der Waals surface area contributed by atoms with Crippen LogP contribution in [0.1, 0.15) is 50.4 Å². The number of benzene rings is 2. The van der Waals surface area contributed by atoms with E-state index < -0.39 is 11.6 Å². The first-order valence-corrected chi connectivity index (χ1v) is 11.2. The van der Waals surface area contributed by atoms with E-state index in [2.05, 4.69) is 10.3 Å². The standard InChI is InChI=1S/C27H31N3O4/c1-16-12-23(31)30(15-17-10-11-21(33-5)22(13-17)34-6)25(26(32)29-27(2,3)4)18-8-7-9-20-24(18)19(16)14-28-20/h7-14,25,28H,15H2,1-6H3,(H,29,32)/b16-12-. The van der Waals surface area contributed by atoms with E-state index in [-0.39, 0.29) is 18.4 Å². The number of ether oxygens (including phenoxy) is 2. The quantitative estimate of drug-likeness (QED) is 0.582. The summed E-state index contributed by atoms with van der Waals surface area (Å²) < 4.78 is 10.8.